The highest BCUT2D eigenvalue weighted by Crippen LogP contribution is 2.45. The average molecular weight is 690 g/mol. The molecule has 5 heteroatoms. The highest BCUT2D eigenvalue weighted by molar-refractivity contribution is 7.26. The van der Waals surface area contributed by atoms with Gasteiger partial charge in [-0.25, -0.2) is 9.97 Å². The van der Waals surface area contributed by atoms with Crippen molar-refractivity contribution in [2.45, 2.75) is 13.8 Å². The second-order valence-corrected chi connectivity index (χ2v) is 14.7. The van der Waals surface area contributed by atoms with Gasteiger partial charge < -0.3 is 0 Å². The van der Waals surface area contributed by atoms with Crippen LogP contribution in [0.5, 0.6) is 0 Å². The van der Waals surface area contributed by atoms with Crippen LogP contribution in [0.25, 0.3) is 101 Å². The Morgan fingerprint density at radius 3 is 1.94 bits per heavy atom. The number of fused-ring (bicyclic) bond motifs is 10. The van der Waals surface area contributed by atoms with Crippen LogP contribution in [0.2, 0.25) is 0 Å². The van der Waals surface area contributed by atoms with E-state index in [4.69, 9.17) is 9.97 Å². The van der Waals surface area contributed by atoms with Crippen molar-refractivity contribution >= 4 is 95.7 Å². The first-order valence-corrected chi connectivity index (χ1v) is 19.1. The van der Waals surface area contributed by atoms with Crippen LogP contribution in [0.3, 0.4) is 0 Å². The fourth-order valence-corrected chi connectivity index (χ4v) is 9.93. The van der Waals surface area contributed by atoms with Gasteiger partial charge in [0.05, 0.1) is 26.9 Å². The lowest BCUT2D eigenvalue weighted by Crippen LogP contribution is -2.03. The molecule has 0 radical (unpaired) electrons. The van der Waals surface area contributed by atoms with Crippen LogP contribution in [0.1, 0.15) is 13.8 Å². The van der Waals surface area contributed by atoms with E-state index in [0.717, 1.165) is 37.9 Å². The van der Waals surface area contributed by atoms with Crippen molar-refractivity contribution in [1.29, 1.82) is 0 Å². The lowest BCUT2D eigenvalue weighted by Gasteiger charge is -2.13. The van der Waals surface area contributed by atoms with Gasteiger partial charge in [0.15, 0.2) is 0 Å². The fraction of sp³-hybridized carbons (Fsp3) is 0.0435. The molecule has 0 unspecified atom stereocenters. The zero-order valence-electron chi connectivity index (χ0n) is 28.1. The summed E-state index contributed by atoms with van der Waals surface area (Å²) >= 11 is 3.62. The van der Waals surface area contributed by atoms with Crippen molar-refractivity contribution in [3.05, 3.63) is 152 Å². The molecule has 4 heterocycles. The Balaban J connectivity index is 0.00000161. The molecule has 0 saturated carbocycles. The van der Waals surface area contributed by atoms with E-state index in [0.29, 0.717) is 5.95 Å². The predicted octanol–water partition coefficient (Wildman–Crippen LogP) is 13.8. The third-order valence-corrected chi connectivity index (χ3v) is 12.1. The molecular formula is C46H31N3S2. The zero-order valence-corrected chi connectivity index (χ0v) is 29.7. The summed E-state index contributed by atoms with van der Waals surface area (Å²) in [5.74, 6) is 0.681. The number of rotatable bonds is 3. The van der Waals surface area contributed by atoms with E-state index in [1.165, 1.54) is 57.5 Å². The lowest BCUT2D eigenvalue weighted by molar-refractivity contribution is 1.02. The second-order valence-electron chi connectivity index (χ2n) is 12.5. The van der Waals surface area contributed by atoms with Gasteiger partial charge in [0, 0.05) is 52.2 Å². The molecule has 0 aliphatic carbocycles. The quantitative estimate of drug-likeness (QED) is 0.185. The van der Waals surface area contributed by atoms with Gasteiger partial charge in [-0.2, -0.15) is 0 Å². The summed E-state index contributed by atoms with van der Waals surface area (Å²) in [5.41, 5.74) is 7.65. The van der Waals surface area contributed by atoms with Gasteiger partial charge >= 0.3 is 0 Å². The summed E-state index contributed by atoms with van der Waals surface area (Å²) in [7, 11) is 0. The summed E-state index contributed by atoms with van der Waals surface area (Å²) in [6.07, 6.45) is 0. The molecule has 7 aromatic carbocycles. The van der Waals surface area contributed by atoms with E-state index in [2.05, 4.69) is 156 Å². The summed E-state index contributed by atoms with van der Waals surface area (Å²) in [6.45, 7) is 4.00. The topological polar surface area (TPSA) is 30.7 Å². The molecular weight excluding hydrogens is 659 g/mol. The van der Waals surface area contributed by atoms with Crippen molar-refractivity contribution in [3.8, 4) is 28.3 Å². The molecule has 242 valence electrons. The largest absolute Gasteiger partial charge is 0.277 e. The molecule has 11 aromatic rings. The summed E-state index contributed by atoms with van der Waals surface area (Å²) in [4.78, 5) is 11.0. The standard InChI is InChI=1S/C44H25N3S2.C2H6/c1-2-12-26(13-3-1)40-43-41(33-17-7-9-22-37(33)49-43)46-44(45-40)47-35-25-28-15-5-4-14-27(28)24-34(35)31-20-10-19-30(42(31)47)29-18-11-23-38-39(29)32-16-6-8-21-36(32)48-38;1-2/h1-25H;1-2H3. The second kappa shape index (κ2) is 11.9. The van der Waals surface area contributed by atoms with E-state index in [1.54, 1.807) is 11.3 Å². The summed E-state index contributed by atoms with van der Waals surface area (Å²) < 4.78 is 7.24. The van der Waals surface area contributed by atoms with E-state index >= 15 is 0 Å². The Morgan fingerprint density at radius 1 is 0.490 bits per heavy atom. The van der Waals surface area contributed by atoms with Crippen LogP contribution in [-0.4, -0.2) is 14.5 Å². The number of hydrogen-bond acceptors (Lipinski definition) is 4. The molecule has 0 bridgehead atoms. The molecule has 11 rings (SSSR count). The monoisotopic (exact) mass is 689 g/mol. The highest BCUT2D eigenvalue weighted by atomic mass is 32.1. The Bertz CT molecular complexity index is 3110. The first-order chi connectivity index (χ1) is 25.3. The Kier molecular flexibility index (Phi) is 6.98. The van der Waals surface area contributed by atoms with Crippen LogP contribution < -0.4 is 0 Å². The first kappa shape index (κ1) is 30.0. The normalized spacial score (nSPS) is 11.7. The van der Waals surface area contributed by atoms with Gasteiger partial charge in [0.1, 0.15) is 0 Å². The molecule has 3 nitrogen and oxygen atoms in total. The van der Waals surface area contributed by atoms with Crippen LogP contribution in [0.15, 0.2) is 152 Å². The molecule has 4 aromatic heterocycles. The minimum absolute atomic E-state index is 0.681. The molecule has 0 aliphatic rings. The third-order valence-electron chi connectivity index (χ3n) is 9.80. The smallest absolute Gasteiger partial charge is 0.235 e. The molecule has 0 amide bonds. The van der Waals surface area contributed by atoms with E-state index in [1.807, 2.05) is 25.2 Å². The number of hydrogen-bond donors (Lipinski definition) is 0. The van der Waals surface area contributed by atoms with E-state index in [-0.39, 0.29) is 0 Å². The number of benzene rings is 7. The van der Waals surface area contributed by atoms with Crippen LogP contribution in [0.4, 0.5) is 0 Å². The molecule has 0 saturated heterocycles. The van der Waals surface area contributed by atoms with Crippen molar-refractivity contribution in [2.24, 2.45) is 0 Å². The summed E-state index contributed by atoms with van der Waals surface area (Å²) in [5, 5.41) is 8.53. The van der Waals surface area contributed by atoms with Gasteiger partial charge in [-0.1, -0.05) is 135 Å². The third kappa shape index (κ3) is 4.55. The van der Waals surface area contributed by atoms with E-state index < -0.39 is 0 Å². The number of nitrogens with zero attached hydrogens (tertiary/aromatic N) is 3. The number of aromatic nitrogens is 3. The fourth-order valence-electron chi connectivity index (χ4n) is 7.65. The molecule has 0 fully saturated rings. The first-order valence-electron chi connectivity index (χ1n) is 17.4. The molecule has 0 atom stereocenters. The number of para-hydroxylation sites is 1. The lowest BCUT2D eigenvalue weighted by atomic mass is 9.97. The highest BCUT2D eigenvalue weighted by Gasteiger charge is 2.23. The van der Waals surface area contributed by atoms with Crippen LogP contribution in [-0.2, 0) is 0 Å². The van der Waals surface area contributed by atoms with Crippen LogP contribution >= 0.6 is 22.7 Å². The Labute approximate surface area is 302 Å². The Morgan fingerprint density at radius 2 is 1.12 bits per heavy atom. The minimum atomic E-state index is 0.681. The van der Waals surface area contributed by atoms with Gasteiger partial charge in [0.2, 0.25) is 5.95 Å². The molecule has 0 spiro atoms. The zero-order chi connectivity index (χ0) is 34.1. The predicted molar refractivity (Wildman–Crippen MR) is 222 cm³/mol. The van der Waals surface area contributed by atoms with Gasteiger partial charge in [-0.15, -0.1) is 22.7 Å². The van der Waals surface area contributed by atoms with Crippen molar-refractivity contribution in [1.82, 2.24) is 14.5 Å². The maximum atomic E-state index is 5.49. The maximum absolute atomic E-state index is 5.49. The van der Waals surface area contributed by atoms with E-state index in [9.17, 15) is 0 Å². The average Bonchev–Trinajstić information content (AvgIpc) is 3.87. The molecule has 51 heavy (non-hydrogen) atoms. The van der Waals surface area contributed by atoms with Crippen LogP contribution in [0, 0.1) is 0 Å². The van der Waals surface area contributed by atoms with Gasteiger partial charge in [-0.05, 0) is 46.7 Å². The van der Waals surface area contributed by atoms with Gasteiger partial charge in [0.25, 0.3) is 0 Å². The van der Waals surface area contributed by atoms with Crippen molar-refractivity contribution in [3.63, 3.8) is 0 Å². The van der Waals surface area contributed by atoms with Gasteiger partial charge in [-0.3, -0.25) is 4.57 Å². The Hall–Kier alpha value is -5.88. The SMILES string of the molecule is CC.c1ccc(-c2nc(-n3c4cc5ccccc5cc4c4cccc(-c5cccc6sc7ccccc7c56)c43)nc3c2sc2ccccc23)cc1. The molecule has 0 N–H and O–H groups in total. The summed E-state index contributed by atoms with van der Waals surface area (Å²) in [6, 6.07) is 54.6. The minimum Gasteiger partial charge on any atom is -0.277 e. The molecule has 0 aliphatic heterocycles. The van der Waals surface area contributed by atoms with Crippen molar-refractivity contribution in [2.75, 3.05) is 0 Å². The number of thiophene rings is 2. The van der Waals surface area contributed by atoms with Crippen molar-refractivity contribution < 1.29 is 0 Å². The maximum Gasteiger partial charge on any atom is 0.235 e.